The van der Waals surface area contributed by atoms with E-state index in [1.54, 1.807) is 17.0 Å². The fourth-order valence-electron chi connectivity index (χ4n) is 4.76. The lowest BCUT2D eigenvalue weighted by Gasteiger charge is -2.34. The highest BCUT2D eigenvalue weighted by molar-refractivity contribution is 7.89. The second-order valence-electron chi connectivity index (χ2n) is 9.74. The molecule has 0 bridgehead atoms. The van der Waals surface area contributed by atoms with E-state index in [4.69, 9.17) is 9.72 Å². The molecule has 39 heavy (non-hydrogen) atoms. The third-order valence-corrected chi connectivity index (χ3v) is 9.87. The van der Waals surface area contributed by atoms with Crippen molar-refractivity contribution in [1.29, 1.82) is 0 Å². The van der Waals surface area contributed by atoms with Gasteiger partial charge in [-0.3, -0.25) is 9.69 Å². The molecule has 0 spiro atoms. The number of halogens is 1. The molecule has 1 aromatic heterocycles. The summed E-state index contributed by atoms with van der Waals surface area (Å²) in [4.78, 5) is 22.7. The minimum atomic E-state index is -3.68. The zero-order chi connectivity index (χ0) is 27.4. The summed E-state index contributed by atoms with van der Waals surface area (Å²) < 4.78 is 34.7. The highest BCUT2D eigenvalue weighted by atomic mass is 35.5. The molecule has 3 aromatic rings. The van der Waals surface area contributed by atoms with E-state index in [0.29, 0.717) is 30.3 Å². The van der Waals surface area contributed by atoms with Crippen LogP contribution in [0.3, 0.4) is 0 Å². The maximum atomic E-state index is 13.8. The zero-order valence-corrected chi connectivity index (χ0v) is 25.7. The predicted molar refractivity (Wildman–Crippen MR) is 161 cm³/mol. The van der Waals surface area contributed by atoms with Crippen molar-refractivity contribution in [2.24, 2.45) is 0 Å². The van der Waals surface area contributed by atoms with Gasteiger partial charge in [0.25, 0.3) is 5.91 Å². The first-order valence-electron chi connectivity index (χ1n) is 13.4. The molecule has 1 fully saturated rings. The number of morpholine rings is 1. The monoisotopic (exact) mass is 594 g/mol. The Hall–Kier alpha value is -2.08. The summed E-state index contributed by atoms with van der Waals surface area (Å²) in [5.74, 6) is -0.190. The Kier molecular flexibility index (Phi) is 10.9. The molecule has 1 aliphatic heterocycles. The van der Waals surface area contributed by atoms with Crippen molar-refractivity contribution in [3.63, 3.8) is 0 Å². The quantitative estimate of drug-likeness (QED) is 0.326. The lowest BCUT2D eigenvalue weighted by atomic mass is 10.2. The van der Waals surface area contributed by atoms with Crippen molar-refractivity contribution in [3.05, 3.63) is 53.6 Å². The Labute approximate surface area is 242 Å². The van der Waals surface area contributed by atoms with Crippen LogP contribution >= 0.6 is 23.7 Å². The second kappa shape index (κ2) is 13.5. The molecule has 2 atom stereocenters. The number of likely N-dealkylation sites (N-methyl/N-ethyl adjacent to an activating group) is 1. The first-order chi connectivity index (χ1) is 18.2. The number of thiazole rings is 1. The number of carbonyl (C=O) groups excluding carboxylic acids is 1. The number of amides is 1. The van der Waals surface area contributed by atoms with Gasteiger partial charge in [-0.15, -0.1) is 12.4 Å². The normalized spacial score (nSPS) is 18.3. The van der Waals surface area contributed by atoms with Gasteiger partial charge < -0.3 is 9.64 Å². The molecule has 0 aliphatic carbocycles. The maximum absolute atomic E-state index is 13.8. The second-order valence-corrected chi connectivity index (χ2v) is 12.7. The number of aryl methyl sites for hydroxylation is 1. The number of carbonyl (C=O) groups is 1. The predicted octanol–water partition coefficient (Wildman–Crippen LogP) is 5.07. The van der Waals surface area contributed by atoms with Crippen LogP contribution < -0.4 is 4.90 Å². The number of benzene rings is 2. The van der Waals surface area contributed by atoms with Crippen LogP contribution in [0.5, 0.6) is 0 Å². The number of aromatic nitrogens is 1. The number of fused-ring (bicyclic) bond motifs is 1. The molecule has 214 valence electrons. The van der Waals surface area contributed by atoms with E-state index in [-0.39, 0.29) is 35.4 Å². The van der Waals surface area contributed by atoms with Gasteiger partial charge in [0.2, 0.25) is 10.0 Å². The molecule has 8 nitrogen and oxygen atoms in total. The van der Waals surface area contributed by atoms with Gasteiger partial charge in [-0.2, -0.15) is 4.31 Å². The lowest BCUT2D eigenvalue weighted by molar-refractivity contribution is -0.0440. The Morgan fingerprint density at radius 1 is 1.03 bits per heavy atom. The van der Waals surface area contributed by atoms with E-state index in [9.17, 15) is 13.2 Å². The van der Waals surface area contributed by atoms with Gasteiger partial charge in [0.1, 0.15) is 0 Å². The van der Waals surface area contributed by atoms with Crippen LogP contribution in [0.25, 0.3) is 10.2 Å². The molecule has 11 heteroatoms. The van der Waals surface area contributed by atoms with Gasteiger partial charge in [0.15, 0.2) is 5.13 Å². The van der Waals surface area contributed by atoms with E-state index >= 15 is 0 Å². The maximum Gasteiger partial charge on any atom is 0.260 e. The van der Waals surface area contributed by atoms with Gasteiger partial charge in [0, 0.05) is 31.7 Å². The van der Waals surface area contributed by atoms with E-state index in [2.05, 4.69) is 37.8 Å². The van der Waals surface area contributed by atoms with Crippen LogP contribution in [-0.4, -0.2) is 80.0 Å². The largest absolute Gasteiger partial charge is 0.373 e. The number of ether oxygens (including phenoxy) is 1. The van der Waals surface area contributed by atoms with Crippen molar-refractivity contribution in [1.82, 2.24) is 14.2 Å². The SMILES string of the molecule is CCc1ccc2nc(N(CCN(CC)CC)C(=O)c3ccc(S(=O)(=O)N4CC(C)OC(C)C4)cc3)sc2c1.Cl. The summed E-state index contributed by atoms with van der Waals surface area (Å²) >= 11 is 1.51. The fourth-order valence-corrected chi connectivity index (χ4v) is 7.40. The number of sulfonamides is 1. The topological polar surface area (TPSA) is 83.1 Å². The Morgan fingerprint density at radius 2 is 1.67 bits per heavy atom. The van der Waals surface area contributed by atoms with Gasteiger partial charge in [0.05, 0.1) is 27.3 Å². The van der Waals surface area contributed by atoms with Gasteiger partial charge >= 0.3 is 0 Å². The molecule has 2 unspecified atom stereocenters. The molecule has 1 aliphatic rings. The van der Waals surface area contributed by atoms with Crippen LogP contribution in [0.2, 0.25) is 0 Å². The number of anilines is 1. The van der Waals surface area contributed by atoms with E-state index in [1.807, 2.05) is 19.9 Å². The third-order valence-electron chi connectivity index (χ3n) is 6.99. The van der Waals surface area contributed by atoms with Gasteiger partial charge in [-0.05, 0) is 75.3 Å². The molecular weight excluding hydrogens is 556 g/mol. The molecule has 2 heterocycles. The summed E-state index contributed by atoms with van der Waals surface area (Å²) in [7, 11) is -3.68. The molecule has 1 amide bonds. The average Bonchev–Trinajstić information content (AvgIpc) is 3.33. The third kappa shape index (κ3) is 7.17. The van der Waals surface area contributed by atoms with Crippen LogP contribution in [0.15, 0.2) is 47.4 Å². The Balaban J connectivity index is 0.00000420. The van der Waals surface area contributed by atoms with Crippen molar-refractivity contribution < 1.29 is 17.9 Å². The summed E-state index contributed by atoms with van der Waals surface area (Å²) in [5.41, 5.74) is 2.54. The van der Waals surface area contributed by atoms with Crippen molar-refractivity contribution in [2.75, 3.05) is 44.2 Å². The zero-order valence-electron chi connectivity index (χ0n) is 23.3. The number of rotatable bonds is 10. The number of hydrogen-bond acceptors (Lipinski definition) is 7. The van der Waals surface area contributed by atoms with Crippen LogP contribution in [0.4, 0.5) is 5.13 Å². The highest BCUT2D eigenvalue weighted by Crippen LogP contribution is 2.31. The summed E-state index contributed by atoms with van der Waals surface area (Å²) in [6.07, 6.45) is 0.595. The summed E-state index contributed by atoms with van der Waals surface area (Å²) in [6, 6.07) is 12.5. The van der Waals surface area contributed by atoms with E-state index in [0.717, 1.165) is 36.3 Å². The van der Waals surface area contributed by atoms with Gasteiger partial charge in [-0.25, -0.2) is 13.4 Å². The molecule has 4 rings (SSSR count). The number of hydrogen-bond donors (Lipinski definition) is 0. The standard InChI is InChI=1S/C28H38N4O4S2.ClH/c1-6-22-9-14-25-26(17-22)37-28(29-25)32(16-15-30(7-2)8-3)27(33)23-10-12-24(13-11-23)38(34,35)31-18-20(4)36-21(5)19-31;/h9-14,17,20-21H,6-8,15-16,18-19H2,1-5H3;1H. The minimum Gasteiger partial charge on any atom is -0.373 e. The van der Waals surface area contributed by atoms with Crippen molar-refractivity contribution >= 4 is 55.0 Å². The van der Waals surface area contributed by atoms with E-state index in [1.165, 1.54) is 33.3 Å². The summed E-state index contributed by atoms with van der Waals surface area (Å²) in [5, 5.41) is 0.651. The van der Waals surface area contributed by atoms with Crippen LogP contribution in [-0.2, 0) is 21.2 Å². The first-order valence-corrected chi connectivity index (χ1v) is 15.6. The molecule has 2 aromatic carbocycles. The van der Waals surface area contributed by atoms with Crippen LogP contribution in [0, 0.1) is 0 Å². The Morgan fingerprint density at radius 3 is 2.26 bits per heavy atom. The van der Waals surface area contributed by atoms with E-state index < -0.39 is 10.0 Å². The van der Waals surface area contributed by atoms with Crippen LogP contribution in [0.1, 0.15) is 50.5 Å². The molecule has 1 saturated heterocycles. The van der Waals surface area contributed by atoms with Gasteiger partial charge in [-0.1, -0.05) is 38.2 Å². The summed E-state index contributed by atoms with van der Waals surface area (Å²) in [6.45, 7) is 13.7. The fraction of sp³-hybridized carbons (Fsp3) is 0.500. The number of nitrogens with zero attached hydrogens (tertiary/aromatic N) is 4. The van der Waals surface area contributed by atoms with Crippen molar-refractivity contribution in [2.45, 2.75) is 58.1 Å². The Bertz CT molecular complexity index is 1350. The smallest absolute Gasteiger partial charge is 0.260 e. The van der Waals surface area contributed by atoms with Crippen molar-refractivity contribution in [3.8, 4) is 0 Å². The molecule has 0 N–H and O–H groups in total. The molecule has 0 saturated carbocycles. The average molecular weight is 595 g/mol. The molecule has 0 radical (unpaired) electrons. The first kappa shape index (κ1) is 31.4. The highest BCUT2D eigenvalue weighted by Gasteiger charge is 2.32. The lowest BCUT2D eigenvalue weighted by Crippen LogP contribution is -2.48. The minimum absolute atomic E-state index is 0. The molecular formula is C28H39ClN4O4S2.